The van der Waals surface area contributed by atoms with Crippen molar-refractivity contribution in [1.29, 1.82) is 0 Å². The summed E-state index contributed by atoms with van der Waals surface area (Å²) in [6.07, 6.45) is 0. The second kappa shape index (κ2) is 7.53. The van der Waals surface area contributed by atoms with Gasteiger partial charge < -0.3 is 19.8 Å². The summed E-state index contributed by atoms with van der Waals surface area (Å²) in [5.41, 5.74) is 2.07. The average Bonchev–Trinajstić information content (AvgIpc) is 2.53. The van der Waals surface area contributed by atoms with Crippen LogP contribution in [0.3, 0.4) is 0 Å². The Morgan fingerprint density at radius 2 is 1.30 bits per heavy atom. The highest BCUT2D eigenvalue weighted by Gasteiger charge is 2.30. The third-order valence-electron chi connectivity index (χ3n) is 4.38. The van der Waals surface area contributed by atoms with Gasteiger partial charge in [0.25, 0.3) is 0 Å². The molecule has 0 bridgehead atoms. The molecule has 1 aromatic rings. The summed E-state index contributed by atoms with van der Waals surface area (Å²) in [6.45, 7) is 9.56. The Morgan fingerprint density at radius 1 is 0.913 bits per heavy atom. The van der Waals surface area contributed by atoms with Crippen molar-refractivity contribution >= 4 is 23.0 Å². The number of hydrogen-bond donors (Lipinski definition) is 1. The van der Waals surface area contributed by atoms with Crippen LogP contribution in [0, 0.1) is 12.7 Å². The highest BCUT2D eigenvalue weighted by molar-refractivity contribution is 6.00. The zero-order valence-electron chi connectivity index (χ0n) is 15.2. The maximum absolute atomic E-state index is 15.2. The van der Waals surface area contributed by atoms with Gasteiger partial charge in [0.15, 0.2) is 5.82 Å². The standard InChI is InChI=1S/C17H28FN3O2/c1-8-19(5)14-11(4)15(20(6)9-2)16(21(7)10-3)13(18)12(14)17(22)23/h8-10H2,1-7H3,(H,22,23). The molecule has 0 saturated heterocycles. The molecule has 0 unspecified atom stereocenters. The predicted molar refractivity (Wildman–Crippen MR) is 94.9 cm³/mol. The van der Waals surface area contributed by atoms with E-state index in [9.17, 15) is 9.90 Å². The van der Waals surface area contributed by atoms with E-state index < -0.39 is 11.8 Å². The Morgan fingerprint density at radius 3 is 1.70 bits per heavy atom. The van der Waals surface area contributed by atoms with Crippen LogP contribution in [0.5, 0.6) is 0 Å². The van der Waals surface area contributed by atoms with Crippen LogP contribution >= 0.6 is 0 Å². The van der Waals surface area contributed by atoms with Gasteiger partial charge in [0.2, 0.25) is 0 Å². The Balaban J connectivity index is 3.95. The first-order chi connectivity index (χ1) is 10.7. The van der Waals surface area contributed by atoms with Crippen LogP contribution in [0.4, 0.5) is 21.5 Å². The molecule has 130 valence electrons. The molecule has 1 rings (SSSR count). The van der Waals surface area contributed by atoms with Crippen molar-refractivity contribution in [3.8, 4) is 0 Å². The minimum absolute atomic E-state index is 0.254. The van der Waals surface area contributed by atoms with Gasteiger partial charge in [-0.15, -0.1) is 0 Å². The van der Waals surface area contributed by atoms with Gasteiger partial charge in [-0.1, -0.05) is 0 Å². The van der Waals surface area contributed by atoms with Gasteiger partial charge in [0.1, 0.15) is 5.56 Å². The number of aromatic carboxylic acids is 1. The highest BCUT2D eigenvalue weighted by atomic mass is 19.1. The Labute approximate surface area is 138 Å². The molecule has 0 heterocycles. The Bertz CT molecular complexity index is 590. The van der Waals surface area contributed by atoms with Gasteiger partial charge in [-0.05, 0) is 33.3 Å². The smallest absolute Gasteiger partial charge is 0.340 e. The first-order valence-corrected chi connectivity index (χ1v) is 7.95. The summed E-state index contributed by atoms with van der Waals surface area (Å²) >= 11 is 0. The van der Waals surface area contributed by atoms with E-state index in [1.807, 2.05) is 39.6 Å². The second-order valence-corrected chi connectivity index (χ2v) is 5.71. The average molecular weight is 325 g/mol. The summed E-state index contributed by atoms with van der Waals surface area (Å²) in [7, 11) is 5.46. The molecule has 0 aliphatic carbocycles. The van der Waals surface area contributed by atoms with Crippen molar-refractivity contribution in [3.63, 3.8) is 0 Å². The normalized spacial score (nSPS) is 10.6. The van der Waals surface area contributed by atoms with E-state index in [0.29, 0.717) is 31.0 Å². The van der Waals surface area contributed by atoms with Crippen LogP contribution in [0.15, 0.2) is 0 Å². The Hall–Kier alpha value is -1.98. The third kappa shape index (κ3) is 3.35. The second-order valence-electron chi connectivity index (χ2n) is 5.71. The zero-order chi connectivity index (χ0) is 17.9. The van der Waals surface area contributed by atoms with Gasteiger partial charge in [-0.25, -0.2) is 9.18 Å². The molecule has 1 N–H and O–H groups in total. The van der Waals surface area contributed by atoms with Crippen molar-refractivity contribution < 1.29 is 14.3 Å². The number of hydrogen-bond acceptors (Lipinski definition) is 4. The van der Waals surface area contributed by atoms with E-state index in [2.05, 4.69) is 0 Å². The summed E-state index contributed by atoms with van der Waals surface area (Å²) in [4.78, 5) is 17.2. The molecule has 0 aromatic heterocycles. The minimum Gasteiger partial charge on any atom is -0.478 e. The van der Waals surface area contributed by atoms with E-state index in [-0.39, 0.29) is 5.56 Å². The number of rotatable bonds is 7. The largest absolute Gasteiger partial charge is 0.478 e. The predicted octanol–water partition coefficient (Wildman–Crippen LogP) is 3.20. The molecular weight excluding hydrogens is 297 g/mol. The van der Waals surface area contributed by atoms with Crippen LogP contribution in [-0.4, -0.2) is 51.9 Å². The van der Waals surface area contributed by atoms with Gasteiger partial charge in [-0.2, -0.15) is 0 Å². The number of carboxylic acid groups (broad SMARTS) is 1. The van der Waals surface area contributed by atoms with Crippen LogP contribution in [0.1, 0.15) is 36.7 Å². The number of anilines is 3. The number of halogens is 1. The number of nitrogens with zero attached hydrogens (tertiary/aromatic N) is 3. The lowest BCUT2D eigenvalue weighted by Gasteiger charge is -2.33. The van der Waals surface area contributed by atoms with E-state index in [4.69, 9.17) is 0 Å². The monoisotopic (exact) mass is 325 g/mol. The van der Waals surface area contributed by atoms with E-state index in [1.54, 1.807) is 23.9 Å². The van der Waals surface area contributed by atoms with Crippen LogP contribution < -0.4 is 14.7 Å². The molecule has 23 heavy (non-hydrogen) atoms. The summed E-state index contributed by atoms with van der Waals surface area (Å²) in [5.74, 6) is -1.91. The lowest BCUT2D eigenvalue weighted by molar-refractivity contribution is 0.0692. The maximum Gasteiger partial charge on any atom is 0.340 e. The third-order valence-corrected chi connectivity index (χ3v) is 4.38. The molecule has 0 atom stereocenters. The van der Waals surface area contributed by atoms with Gasteiger partial charge in [0.05, 0.1) is 17.1 Å². The quantitative estimate of drug-likeness (QED) is 0.834. The lowest BCUT2D eigenvalue weighted by Crippen LogP contribution is -2.29. The van der Waals surface area contributed by atoms with Crippen LogP contribution in [-0.2, 0) is 0 Å². The topological polar surface area (TPSA) is 47.0 Å². The lowest BCUT2D eigenvalue weighted by atomic mass is 10.00. The van der Waals surface area contributed by atoms with Crippen molar-refractivity contribution in [2.75, 3.05) is 55.5 Å². The van der Waals surface area contributed by atoms with E-state index >= 15 is 4.39 Å². The fourth-order valence-corrected chi connectivity index (χ4v) is 2.77. The summed E-state index contributed by atoms with van der Waals surface area (Å²) < 4.78 is 15.2. The molecule has 0 fully saturated rings. The first-order valence-electron chi connectivity index (χ1n) is 7.95. The zero-order valence-corrected chi connectivity index (χ0v) is 15.2. The van der Waals surface area contributed by atoms with Crippen molar-refractivity contribution in [1.82, 2.24) is 0 Å². The fourth-order valence-electron chi connectivity index (χ4n) is 2.77. The number of benzene rings is 1. The van der Waals surface area contributed by atoms with Gasteiger partial charge in [0, 0.05) is 40.8 Å². The molecule has 1 aromatic carbocycles. The highest BCUT2D eigenvalue weighted by Crippen LogP contribution is 2.43. The SMILES string of the molecule is CCN(C)c1c(C)c(N(C)CC)c(N(C)CC)c(F)c1C(=O)O. The number of carbonyl (C=O) groups is 1. The maximum atomic E-state index is 15.2. The Kier molecular flexibility index (Phi) is 6.24. The van der Waals surface area contributed by atoms with Crippen molar-refractivity contribution in [3.05, 3.63) is 16.9 Å². The van der Waals surface area contributed by atoms with Crippen molar-refractivity contribution in [2.45, 2.75) is 27.7 Å². The number of carboxylic acids is 1. The van der Waals surface area contributed by atoms with E-state index in [0.717, 1.165) is 11.3 Å². The molecule has 0 aliphatic rings. The fraction of sp³-hybridized carbons (Fsp3) is 0.588. The van der Waals surface area contributed by atoms with E-state index in [1.165, 1.54) is 0 Å². The van der Waals surface area contributed by atoms with Gasteiger partial charge >= 0.3 is 5.97 Å². The molecule has 0 radical (unpaired) electrons. The molecule has 6 heteroatoms. The molecule has 5 nitrogen and oxygen atoms in total. The van der Waals surface area contributed by atoms with Crippen LogP contribution in [0.25, 0.3) is 0 Å². The first kappa shape index (κ1) is 19.1. The molecule has 0 spiro atoms. The van der Waals surface area contributed by atoms with Gasteiger partial charge in [-0.3, -0.25) is 0 Å². The molecule has 0 aliphatic heterocycles. The molecule has 0 amide bonds. The summed E-state index contributed by atoms with van der Waals surface area (Å²) in [5, 5.41) is 9.58. The minimum atomic E-state index is -1.24. The molecule has 0 saturated carbocycles. The molecular formula is C17H28FN3O2. The van der Waals surface area contributed by atoms with Crippen molar-refractivity contribution in [2.24, 2.45) is 0 Å². The van der Waals surface area contributed by atoms with Crippen LogP contribution in [0.2, 0.25) is 0 Å². The summed E-state index contributed by atoms with van der Waals surface area (Å²) in [6, 6.07) is 0.